The van der Waals surface area contributed by atoms with Crippen molar-refractivity contribution in [3.63, 3.8) is 0 Å². The number of pyridine rings is 1. The zero-order valence-electron chi connectivity index (χ0n) is 16.4. The summed E-state index contributed by atoms with van der Waals surface area (Å²) in [6, 6.07) is 12.3. The Balaban J connectivity index is 1.82. The highest BCUT2D eigenvalue weighted by molar-refractivity contribution is 7.92. The van der Waals surface area contributed by atoms with Crippen LogP contribution in [0.25, 0.3) is 22.8 Å². The van der Waals surface area contributed by atoms with E-state index >= 15 is 0 Å². The third-order valence-corrected chi connectivity index (χ3v) is 7.06. The second kappa shape index (κ2) is 8.25. The normalized spacial score (nSPS) is 13.6. The summed E-state index contributed by atoms with van der Waals surface area (Å²) in [5, 5.41) is 8.88. The predicted octanol–water partition coefficient (Wildman–Crippen LogP) is 1.87. The summed E-state index contributed by atoms with van der Waals surface area (Å²) in [7, 11) is -3.84. The van der Waals surface area contributed by atoms with E-state index in [1.54, 1.807) is 6.07 Å². The van der Waals surface area contributed by atoms with Crippen molar-refractivity contribution < 1.29 is 22.8 Å². The van der Waals surface area contributed by atoms with Crippen LogP contribution in [0.3, 0.4) is 0 Å². The summed E-state index contributed by atoms with van der Waals surface area (Å²) in [5.74, 6) is -0.211. The molecule has 0 radical (unpaired) electrons. The minimum Gasteiger partial charge on any atom is -0.436 e. The second-order valence-electron chi connectivity index (χ2n) is 7.04. The van der Waals surface area contributed by atoms with Crippen LogP contribution < -0.4 is 11.0 Å². The van der Waals surface area contributed by atoms with E-state index in [1.165, 1.54) is 35.4 Å². The van der Waals surface area contributed by atoms with Gasteiger partial charge in [-0.15, -0.1) is 0 Å². The Kier molecular flexibility index (Phi) is 5.90. The smallest absolute Gasteiger partial charge is 0.264 e. The number of benzene rings is 1. The van der Waals surface area contributed by atoms with Crippen LogP contribution in [0.15, 0.2) is 64.1 Å². The Morgan fingerprint density at radius 1 is 1.23 bits per heavy atom. The molecule has 0 saturated heterocycles. The standard InChI is InChI=1S/C20H21N3O6S/c1-20(19(25)22-26,30(2,27)28)9-11-23-10-8-15(12-17(23)24)16-13-21-18(29-16)14-6-4-3-5-7-14/h3-8,10,12-13,26H,9,11H2,1-2H3,(H,22,25). The molecule has 0 spiro atoms. The number of aromatic nitrogens is 2. The quantitative estimate of drug-likeness (QED) is 0.431. The molecule has 2 heterocycles. The van der Waals surface area contributed by atoms with Crippen LogP contribution in [0.1, 0.15) is 13.3 Å². The lowest BCUT2D eigenvalue weighted by Crippen LogP contribution is -2.49. The van der Waals surface area contributed by atoms with E-state index in [2.05, 4.69) is 4.98 Å². The summed E-state index contributed by atoms with van der Waals surface area (Å²) in [5.41, 5.74) is 2.31. The fourth-order valence-electron chi connectivity index (χ4n) is 2.89. The van der Waals surface area contributed by atoms with Crippen LogP contribution in [0.2, 0.25) is 0 Å². The number of aryl methyl sites for hydroxylation is 1. The minimum atomic E-state index is -3.84. The molecule has 1 amide bonds. The fourth-order valence-corrected chi connectivity index (χ4v) is 3.73. The average Bonchev–Trinajstić information content (AvgIpc) is 3.22. The maximum absolute atomic E-state index is 12.5. The van der Waals surface area contributed by atoms with E-state index < -0.39 is 26.1 Å². The van der Waals surface area contributed by atoms with Crippen molar-refractivity contribution in [1.29, 1.82) is 0 Å². The Labute approximate surface area is 172 Å². The molecular weight excluding hydrogens is 410 g/mol. The van der Waals surface area contributed by atoms with Gasteiger partial charge in [-0.25, -0.2) is 18.9 Å². The first-order valence-corrected chi connectivity index (χ1v) is 10.9. The second-order valence-corrected chi connectivity index (χ2v) is 9.48. The van der Waals surface area contributed by atoms with E-state index in [4.69, 9.17) is 9.62 Å². The van der Waals surface area contributed by atoms with Crippen LogP contribution in [0.5, 0.6) is 0 Å². The highest BCUT2D eigenvalue weighted by Crippen LogP contribution is 2.25. The van der Waals surface area contributed by atoms with Gasteiger partial charge in [-0.3, -0.25) is 14.8 Å². The Morgan fingerprint density at radius 2 is 1.93 bits per heavy atom. The van der Waals surface area contributed by atoms with Gasteiger partial charge in [0, 0.05) is 36.2 Å². The lowest BCUT2D eigenvalue weighted by atomic mass is 10.1. The van der Waals surface area contributed by atoms with Gasteiger partial charge in [0.15, 0.2) is 20.3 Å². The molecule has 0 aliphatic carbocycles. The molecule has 9 nitrogen and oxygen atoms in total. The zero-order valence-corrected chi connectivity index (χ0v) is 17.2. The molecule has 1 atom stereocenters. The Hall–Kier alpha value is -3.24. The number of carbonyl (C=O) groups excluding carboxylic acids is 1. The zero-order chi connectivity index (χ0) is 21.9. The number of rotatable bonds is 7. The maximum Gasteiger partial charge on any atom is 0.264 e. The average molecular weight is 431 g/mol. The van der Waals surface area contributed by atoms with Gasteiger partial charge in [0.1, 0.15) is 0 Å². The summed E-state index contributed by atoms with van der Waals surface area (Å²) in [6.45, 7) is 1.16. The molecule has 0 saturated carbocycles. The van der Waals surface area contributed by atoms with Gasteiger partial charge >= 0.3 is 0 Å². The molecule has 158 valence electrons. The topological polar surface area (TPSA) is 132 Å². The van der Waals surface area contributed by atoms with E-state index in [9.17, 15) is 18.0 Å². The Bertz CT molecular complexity index is 1220. The third kappa shape index (κ3) is 4.19. The summed E-state index contributed by atoms with van der Waals surface area (Å²) < 4.78 is 29.2. The molecule has 0 fully saturated rings. The molecule has 0 aliphatic heterocycles. The van der Waals surface area contributed by atoms with Gasteiger partial charge in [-0.2, -0.15) is 0 Å². The molecule has 3 rings (SSSR count). The van der Waals surface area contributed by atoms with Gasteiger partial charge in [0.25, 0.3) is 11.5 Å². The number of sulfone groups is 1. The summed E-state index contributed by atoms with van der Waals surface area (Å²) in [6.07, 6.45) is 3.72. The van der Waals surface area contributed by atoms with E-state index in [0.29, 0.717) is 17.2 Å². The van der Waals surface area contributed by atoms with Gasteiger partial charge < -0.3 is 8.98 Å². The first-order chi connectivity index (χ1) is 14.2. The van der Waals surface area contributed by atoms with Crippen LogP contribution >= 0.6 is 0 Å². The Morgan fingerprint density at radius 3 is 2.53 bits per heavy atom. The number of hydroxylamine groups is 1. The van der Waals surface area contributed by atoms with Crippen LogP contribution in [-0.2, 0) is 21.2 Å². The van der Waals surface area contributed by atoms with Crippen molar-refractivity contribution >= 4 is 15.7 Å². The SMILES string of the molecule is CC(CCn1ccc(-c2cnc(-c3ccccc3)o2)cc1=O)(C(=O)NO)S(C)(=O)=O. The highest BCUT2D eigenvalue weighted by Gasteiger charge is 2.43. The van der Waals surface area contributed by atoms with Crippen LogP contribution in [0, 0.1) is 0 Å². The molecule has 0 bridgehead atoms. The first-order valence-electron chi connectivity index (χ1n) is 9.02. The molecule has 2 N–H and O–H groups in total. The fraction of sp³-hybridized carbons (Fsp3) is 0.250. The largest absolute Gasteiger partial charge is 0.436 e. The molecule has 1 aromatic carbocycles. The molecular formula is C20H21N3O6S. The van der Waals surface area contributed by atoms with E-state index in [1.807, 2.05) is 30.3 Å². The molecule has 30 heavy (non-hydrogen) atoms. The number of carbonyl (C=O) groups is 1. The van der Waals surface area contributed by atoms with Crippen LogP contribution in [-0.4, -0.2) is 40.1 Å². The molecule has 10 heteroatoms. The number of hydrogen-bond acceptors (Lipinski definition) is 7. The van der Waals surface area contributed by atoms with E-state index in [-0.39, 0.29) is 13.0 Å². The van der Waals surface area contributed by atoms with Crippen molar-refractivity contribution in [2.45, 2.75) is 24.6 Å². The van der Waals surface area contributed by atoms with Crippen molar-refractivity contribution in [3.8, 4) is 22.8 Å². The van der Waals surface area contributed by atoms with Crippen molar-refractivity contribution in [3.05, 3.63) is 65.2 Å². The van der Waals surface area contributed by atoms with Crippen molar-refractivity contribution in [2.75, 3.05) is 6.26 Å². The number of nitrogens with zero attached hydrogens (tertiary/aromatic N) is 2. The third-order valence-electron chi connectivity index (χ3n) is 5.04. The maximum atomic E-state index is 12.5. The van der Waals surface area contributed by atoms with Crippen LogP contribution in [0.4, 0.5) is 0 Å². The summed E-state index contributed by atoms with van der Waals surface area (Å²) in [4.78, 5) is 28.6. The monoisotopic (exact) mass is 431 g/mol. The van der Waals surface area contributed by atoms with E-state index in [0.717, 1.165) is 11.8 Å². The highest BCUT2D eigenvalue weighted by atomic mass is 32.2. The van der Waals surface area contributed by atoms with Gasteiger partial charge in [0.2, 0.25) is 5.89 Å². The lowest BCUT2D eigenvalue weighted by molar-refractivity contribution is -0.131. The number of amides is 1. The van der Waals surface area contributed by atoms with Crippen molar-refractivity contribution in [2.24, 2.45) is 0 Å². The molecule has 1 unspecified atom stereocenters. The minimum absolute atomic E-state index is 0.0399. The van der Waals surface area contributed by atoms with Gasteiger partial charge in [0.05, 0.1) is 6.20 Å². The number of nitrogens with one attached hydrogen (secondary N) is 1. The molecule has 3 aromatic rings. The lowest BCUT2D eigenvalue weighted by Gasteiger charge is -2.25. The molecule has 2 aromatic heterocycles. The predicted molar refractivity (Wildman–Crippen MR) is 109 cm³/mol. The number of hydrogen-bond donors (Lipinski definition) is 2. The van der Waals surface area contributed by atoms with Gasteiger partial charge in [-0.05, 0) is 31.5 Å². The summed E-state index contributed by atoms with van der Waals surface area (Å²) >= 11 is 0. The molecule has 0 aliphatic rings. The number of oxazole rings is 1. The van der Waals surface area contributed by atoms with Gasteiger partial charge in [-0.1, -0.05) is 18.2 Å². The first kappa shape index (κ1) is 21.5. The van der Waals surface area contributed by atoms with Crippen molar-refractivity contribution in [1.82, 2.24) is 15.0 Å².